The Morgan fingerprint density at radius 2 is 1.75 bits per heavy atom. The van der Waals surface area contributed by atoms with Crippen molar-refractivity contribution in [1.29, 1.82) is 0 Å². The predicted molar refractivity (Wildman–Crippen MR) is 82.8 cm³/mol. The predicted octanol–water partition coefficient (Wildman–Crippen LogP) is 3.92. The van der Waals surface area contributed by atoms with Crippen molar-refractivity contribution in [2.45, 2.75) is 32.9 Å². The molecule has 0 saturated carbocycles. The fourth-order valence-corrected chi connectivity index (χ4v) is 1.74. The van der Waals surface area contributed by atoms with Crippen LogP contribution in [0, 0.1) is 0 Å². The topological polar surface area (TPSA) is 47.0 Å². The quantitative estimate of drug-likeness (QED) is 0.919. The number of ether oxygens (including phenoxy) is 1. The van der Waals surface area contributed by atoms with Crippen LogP contribution >= 0.6 is 15.9 Å². The first-order valence-corrected chi connectivity index (χ1v) is 7.23. The maximum absolute atomic E-state index is 5.62. The highest BCUT2D eigenvalue weighted by atomic mass is 79.9. The largest absolute Gasteiger partial charge is 0.438 e. The summed E-state index contributed by atoms with van der Waals surface area (Å²) in [4.78, 5) is 0. The molecule has 0 amide bonds. The van der Waals surface area contributed by atoms with E-state index in [1.54, 1.807) is 0 Å². The lowest BCUT2D eigenvalue weighted by Gasteiger charge is -2.19. The molecule has 0 fully saturated rings. The van der Waals surface area contributed by atoms with Gasteiger partial charge in [-0.3, -0.25) is 0 Å². The highest BCUT2D eigenvalue weighted by Gasteiger charge is 2.09. The smallest absolute Gasteiger partial charge is 0.238 e. The van der Waals surface area contributed by atoms with Crippen LogP contribution in [0.4, 0.5) is 0 Å². The minimum absolute atomic E-state index is 0.0638. The summed E-state index contributed by atoms with van der Waals surface area (Å²) in [5.41, 5.74) is 0.956. The molecule has 0 unspecified atom stereocenters. The third kappa shape index (κ3) is 4.90. The van der Waals surface area contributed by atoms with E-state index < -0.39 is 0 Å². The van der Waals surface area contributed by atoms with E-state index >= 15 is 0 Å². The molecule has 106 valence electrons. The van der Waals surface area contributed by atoms with Crippen molar-refractivity contribution in [3.8, 4) is 11.6 Å². The number of aromatic nitrogens is 2. The average Bonchev–Trinajstić information content (AvgIpc) is 2.40. The molecule has 5 heteroatoms. The molecule has 1 aromatic heterocycles. The van der Waals surface area contributed by atoms with Crippen LogP contribution in [0.25, 0.3) is 0 Å². The maximum Gasteiger partial charge on any atom is 0.238 e. The van der Waals surface area contributed by atoms with E-state index in [4.69, 9.17) is 4.74 Å². The van der Waals surface area contributed by atoms with Crippen molar-refractivity contribution in [3.05, 3.63) is 46.6 Å². The second-order valence-electron chi connectivity index (χ2n) is 5.52. The monoisotopic (exact) mass is 335 g/mol. The zero-order valence-corrected chi connectivity index (χ0v) is 13.4. The normalized spacial score (nSPS) is 11.4. The molecule has 0 radical (unpaired) electrons. The molecule has 0 aliphatic rings. The van der Waals surface area contributed by atoms with Gasteiger partial charge in [0.1, 0.15) is 5.75 Å². The third-order valence-corrected chi connectivity index (χ3v) is 3.06. The van der Waals surface area contributed by atoms with Gasteiger partial charge in [0.15, 0.2) is 0 Å². The molecule has 0 spiro atoms. The SMILES string of the molecule is CC(C)(C)NCc1ccc(Oc2ccc(Br)cc2)nn1. The van der Waals surface area contributed by atoms with Crippen LogP contribution in [-0.4, -0.2) is 15.7 Å². The number of hydrogen-bond donors (Lipinski definition) is 1. The Morgan fingerprint density at radius 3 is 2.30 bits per heavy atom. The van der Waals surface area contributed by atoms with Gasteiger partial charge in [-0.1, -0.05) is 15.9 Å². The molecule has 0 atom stereocenters. The second-order valence-corrected chi connectivity index (χ2v) is 6.44. The molecular weight excluding hydrogens is 318 g/mol. The van der Waals surface area contributed by atoms with Crippen LogP contribution in [0.15, 0.2) is 40.9 Å². The first-order chi connectivity index (χ1) is 9.42. The molecule has 2 rings (SSSR count). The fraction of sp³-hybridized carbons (Fsp3) is 0.333. The molecule has 1 aromatic carbocycles. The van der Waals surface area contributed by atoms with Gasteiger partial charge in [0.25, 0.3) is 0 Å². The minimum Gasteiger partial charge on any atom is -0.438 e. The van der Waals surface area contributed by atoms with Crippen LogP contribution in [0.3, 0.4) is 0 Å². The van der Waals surface area contributed by atoms with E-state index in [1.807, 2.05) is 36.4 Å². The van der Waals surface area contributed by atoms with Crippen LogP contribution in [0.5, 0.6) is 11.6 Å². The maximum atomic E-state index is 5.62. The summed E-state index contributed by atoms with van der Waals surface area (Å²) in [6, 6.07) is 11.3. The van der Waals surface area contributed by atoms with Gasteiger partial charge in [-0.25, -0.2) is 0 Å². The lowest BCUT2D eigenvalue weighted by Crippen LogP contribution is -2.35. The number of hydrogen-bond acceptors (Lipinski definition) is 4. The van der Waals surface area contributed by atoms with E-state index in [1.165, 1.54) is 0 Å². The third-order valence-electron chi connectivity index (χ3n) is 2.53. The molecule has 4 nitrogen and oxygen atoms in total. The summed E-state index contributed by atoms with van der Waals surface area (Å²) in [6.45, 7) is 7.04. The number of nitrogens with zero attached hydrogens (tertiary/aromatic N) is 2. The van der Waals surface area contributed by atoms with Gasteiger partial charge >= 0.3 is 0 Å². The molecule has 0 aliphatic heterocycles. The zero-order valence-electron chi connectivity index (χ0n) is 11.9. The van der Waals surface area contributed by atoms with Gasteiger partial charge in [0.05, 0.1) is 5.69 Å². The van der Waals surface area contributed by atoms with Crippen molar-refractivity contribution in [2.24, 2.45) is 0 Å². The van der Waals surface area contributed by atoms with Gasteiger partial charge < -0.3 is 10.1 Å². The van der Waals surface area contributed by atoms with E-state index in [0.717, 1.165) is 15.9 Å². The van der Waals surface area contributed by atoms with E-state index in [2.05, 4.69) is 52.2 Å². The molecule has 0 aliphatic carbocycles. The first kappa shape index (κ1) is 14.9. The highest BCUT2D eigenvalue weighted by molar-refractivity contribution is 9.10. The Balaban J connectivity index is 1.96. The van der Waals surface area contributed by atoms with E-state index in [0.29, 0.717) is 12.4 Å². The number of benzene rings is 1. The van der Waals surface area contributed by atoms with Crippen LogP contribution < -0.4 is 10.1 Å². The summed E-state index contributed by atoms with van der Waals surface area (Å²) in [7, 11) is 0. The Morgan fingerprint density at radius 1 is 1.05 bits per heavy atom. The summed E-state index contributed by atoms with van der Waals surface area (Å²) in [5, 5.41) is 11.6. The Hall–Kier alpha value is -1.46. The molecule has 2 aromatic rings. The Kier molecular flexibility index (Phi) is 4.73. The van der Waals surface area contributed by atoms with Crippen LogP contribution in [-0.2, 0) is 6.54 Å². The van der Waals surface area contributed by atoms with Crippen molar-refractivity contribution in [1.82, 2.24) is 15.5 Å². The molecule has 0 bridgehead atoms. The summed E-state index contributed by atoms with van der Waals surface area (Å²) >= 11 is 3.38. The van der Waals surface area contributed by atoms with Gasteiger partial charge in [0, 0.05) is 22.6 Å². The summed E-state index contributed by atoms with van der Waals surface area (Å²) < 4.78 is 6.63. The average molecular weight is 336 g/mol. The van der Waals surface area contributed by atoms with E-state index in [9.17, 15) is 0 Å². The summed E-state index contributed by atoms with van der Waals surface area (Å²) in [6.07, 6.45) is 0. The molecule has 20 heavy (non-hydrogen) atoms. The van der Waals surface area contributed by atoms with Crippen molar-refractivity contribution in [2.75, 3.05) is 0 Å². The van der Waals surface area contributed by atoms with Gasteiger partial charge in [-0.2, -0.15) is 5.10 Å². The fourth-order valence-electron chi connectivity index (χ4n) is 1.48. The second kappa shape index (κ2) is 6.33. The van der Waals surface area contributed by atoms with Crippen molar-refractivity contribution in [3.63, 3.8) is 0 Å². The molecule has 1 heterocycles. The Bertz CT molecular complexity index is 547. The molecular formula is C15H18BrN3O. The van der Waals surface area contributed by atoms with E-state index in [-0.39, 0.29) is 5.54 Å². The van der Waals surface area contributed by atoms with Crippen molar-refractivity contribution >= 4 is 15.9 Å². The number of halogens is 1. The van der Waals surface area contributed by atoms with Gasteiger partial charge in [0.2, 0.25) is 5.88 Å². The highest BCUT2D eigenvalue weighted by Crippen LogP contribution is 2.21. The minimum atomic E-state index is 0.0638. The molecule has 0 saturated heterocycles. The van der Waals surface area contributed by atoms with Gasteiger partial charge in [-0.15, -0.1) is 5.10 Å². The summed E-state index contributed by atoms with van der Waals surface area (Å²) in [5.74, 6) is 1.23. The standard InChI is InChI=1S/C15H18BrN3O/c1-15(2,3)17-10-12-6-9-14(19-18-12)20-13-7-4-11(16)5-8-13/h4-9,17H,10H2,1-3H3. The lowest BCUT2D eigenvalue weighted by molar-refractivity contribution is 0.416. The van der Waals surface area contributed by atoms with Crippen LogP contribution in [0.2, 0.25) is 0 Å². The lowest BCUT2D eigenvalue weighted by atomic mass is 10.1. The number of rotatable bonds is 4. The first-order valence-electron chi connectivity index (χ1n) is 6.43. The molecule has 1 N–H and O–H groups in total. The van der Waals surface area contributed by atoms with Gasteiger partial charge in [-0.05, 0) is 51.1 Å². The zero-order chi connectivity index (χ0) is 14.6. The number of nitrogens with one attached hydrogen (secondary N) is 1. The Labute approximate surface area is 127 Å². The van der Waals surface area contributed by atoms with Crippen LogP contribution in [0.1, 0.15) is 26.5 Å². The van der Waals surface area contributed by atoms with Crippen molar-refractivity contribution < 1.29 is 4.74 Å².